The van der Waals surface area contributed by atoms with Gasteiger partial charge in [0.25, 0.3) is 0 Å². The van der Waals surface area contributed by atoms with Crippen LogP contribution in [0.2, 0.25) is 0 Å². The molecular formula is C15H12F2N2. The number of anilines is 1. The highest BCUT2D eigenvalue weighted by Crippen LogP contribution is 2.20. The molecular weight excluding hydrogens is 246 g/mol. The summed E-state index contributed by atoms with van der Waals surface area (Å²) >= 11 is 0. The molecule has 0 heterocycles. The smallest absolute Gasteiger partial charge is 0.146 e. The van der Waals surface area contributed by atoms with E-state index < -0.39 is 5.82 Å². The Kier molecular flexibility index (Phi) is 3.76. The highest BCUT2D eigenvalue weighted by Gasteiger charge is 2.07. The second-order valence-corrected chi connectivity index (χ2v) is 4.20. The summed E-state index contributed by atoms with van der Waals surface area (Å²) in [4.78, 5) is 0. The molecule has 0 spiro atoms. The second kappa shape index (κ2) is 5.49. The van der Waals surface area contributed by atoms with Crippen molar-refractivity contribution < 1.29 is 8.78 Å². The number of halogens is 2. The van der Waals surface area contributed by atoms with Crippen molar-refractivity contribution in [3.63, 3.8) is 0 Å². The van der Waals surface area contributed by atoms with Crippen molar-refractivity contribution in [1.82, 2.24) is 0 Å². The Morgan fingerprint density at radius 3 is 2.63 bits per heavy atom. The maximum absolute atomic E-state index is 13.6. The van der Waals surface area contributed by atoms with Gasteiger partial charge in [-0.2, -0.15) is 5.26 Å². The predicted molar refractivity (Wildman–Crippen MR) is 69.6 cm³/mol. The van der Waals surface area contributed by atoms with Crippen LogP contribution in [0.3, 0.4) is 0 Å². The molecule has 0 bridgehead atoms. The van der Waals surface area contributed by atoms with Crippen LogP contribution in [0, 0.1) is 29.9 Å². The van der Waals surface area contributed by atoms with Crippen LogP contribution in [0.5, 0.6) is 0 Å². The fourth-order valence-corrected chi connectivity index (χ4v) is 1.82. The van der Waals surface area contributed by atoms with Crippen LogP contribution in [-0.4, -0.2) is 0 Å². The molecule has 0 radical (unpaired) electrons. The molecule has 0 aromatic heterocycles. The van der Waals surface area contributed by atoms with Crippen LogP contribution < -0.4 is 5.32 Å². The first-order valence-electron chi connectivity index (χ1n) is 5.79. The van der Waals surface area contributed by atoms with E-state index in [4.69, 9.17) is 5.26 Å². The first-order chi connectivity index (χ1) is 9.11. The lowest BCUT2D eigenvalue weighted by molar-refractivity contribution is 0.610. The van der Waals surface area contributed by atoms with Crippen LogP contribution in [0.4, 0.5) is 14.5 Å². The molecule has 2 aromatic rings. The Morgan fingerprint density at radius 2 is 1.95 bits per heavy atom. The van der Waals surface area contributed by atoms with Crippen molar-refractivity contribution >= 4 is 5.69 Å². The number of nitriles is 1. The van der Waals surface area contributed by atoms with Crippen molar-refractivity contribution in [3.05, 3.63) is 64.7 Å². The number of nitrogens with one attached hydrogen (secondary N) is 1. The number of hydrogen-bond acceptors (Lipinski definition) is 2. The van der Waals surface area contributed by atoms with Gasteiger partial charge in [0.1, 0.15) is 11.6 Å². The molecule has 0 fully saturated rings. The average molecular weight is 258 g/mol. The Hall–Kier alpha value is -2.41. The third kappa shape index (κ3) is 2.89. The first kappa shape index (κ1) is 13.0. The third-order valence-corrected chi connectivity index (χ3v) is 2.85. The fourth-order valence-electron chi connectivity index (χ4n) is 1.82. The predicted octanol–water partition coefficient (Wildman–Crippen LogP) is 3.76. The van der Waals surface area contributed by atoms with Crippen LogP contribution >= 0.6 is 0 Å². The van der Waals surface area contributed by atoms with Gasteiger partial charge in [0.05, 0.1) is 17.3 Å². The number of hydrogen-bond donors (Lipinski definition) is 1. The van der Waals surface area contributed by atoms with Gasteiger partial charge in [-0.1, -0.05) is 12.1 Å². The third-order valence-electron chi connectivity index (χ3n) is 2.85. The number of para-hydroxylation sites is 1. The first-order valence-corrected chi connectivity index (χ1v) is 5.79. The topological polar surface area (TPSA) is 35.8 Å². The van der Waals surface area contributed by atoms with Gasteiger partial charge in [0.2, 0.25) is 0 Å². The number of rotatable bonds is 3. The quantitative estimate of drug-likeness (QED) is 0.909. The molecule has 4 heteroatoms. The van der Waals surface area contributed by atoms with E-state index in [1.807, 2.05) is 6.07 Å². The maximum Gasteiger partial charge on any atom is 0.146 e. The van der Waals surface area contributed by atoms with Crippen LogP contribution in [0.25, 0.3) is 0 Å². The zero-order chi connectivity index (χ0) is 13.8. The lowest BCUT2D eigenvalue weighted by atomic mass is 10.1. The van der Waals surface area contributed by atoms with Crippen molar-refractivity contribution in [2.24, 2.45) is 0 Å². The Labute approximate surface area is 110 Å². The van der Waals surface area contributed by atoms with Gasteiger partial charge in [-0.3, -0.25) is 0 Å². The maximum atomic E-state index is 13.6. The normalized spacial score (nSPS) is 10.0. The molecule has 0 unspecified atom stereocenters. The standard InChI is InChI=1S/C15H12F2N2/c1-10-3-2-4-14(17)15(10)19-9-12-7-11(8-18)5-6-13(12)16/h2-7,19H,9H2,1H3. The Balaban J connectivity index is 2.22. The van der Waals surface area contributed by atoms with E-state index in [1.54, 1.807) is 19.1 Å². The van der Waals surface area contributed by atoms with E-state index in [0.29, 0.717) is 16.8 Å². The molecule has 1 N–H and O–H groups in total. The molecule has 96 valence electrons. The lowest BCUT2D eigenvalue weighted by Gasteiger charge is -2.11. The van der Waals surface area contributed by atoms with Gasteiger partial charge in [-0.25, -0.2) is 8.78 Å². The van der Waals surface area contributed by atoms with Gasteiger partial charge in [-0.15, -0.1) is 0 Å². The average Bonchev–Trinajstić information content (AvgIpc) is 2.40. The molecule has 2 rings (SSSR count). The largest absolute Gasteiger partial charge is 0.378 e. The van der Waals surface area contributed by atoms with Crippen molar-refractivity contribution in [3.8, 4) is 6.07 Å². The number of benzene rings is 2. The molecule has 0 saturated heterocycles. The number of nitrogens with zero attached hydrogens (tertiary/aromatic N) is 1. The number of aryl methyl sites for hydroxylation is 1. The summed E-state index contributed by atoms with van der Waals surface area (Å²) in [5, 5.41) is 11.6. The second-order valence-electron chi connectivity index (χ2n) is 4.20. The van der Waals surface area contributed by atoms with Crippen LogP contribution in [0.15, 0.2) is 36.4 Å². The summed E-state index contributed by atoms with van der Waals surface area (Å²) in [5.41, 5.74) is 1.81. The summed E-state index contributed by atoms with van der Waals surface area (Å²) in [6, 6.07) is 10.8. The summed E-state index contributed by atoms with van der Waals surface area (Å²) in [7, 11) is 0. The molecule has 0 saturated carbocycles. The summed E-state index contributed by atoms with van der Waals surface area (Å²) in [6.45, 7) is 1.90. The molecule has 0 aliphatic rings. The van der Waals surface area contributed by atoms with E-state index in [-0.39, 0.29) is 12.4 Å². The van der Waals surface area contributed by atoms with Crippen molar-refractivity contribution in [1.29, 1.82) is 5.26 Å². The summed E-state index contributed by atoms with van der Waals surface area (Å²) in [6.07, 6.45) is 0. The SMILES string of the molecule is Cc1cccc(F)c1NCc1cc(C#N)ccc1F. The summed E-state index contributed by atoms with van der Waals surface area (Å²) in [5.74, 6) is -0.794. The van der Waals surface area contributed by atoms with Crippen molar-refractivity contribution in [2.75, 3.05) is 5.32 Å². The molecule has 2 nitrogen and oxygen atoms in total. The van der Waals surface area contributed by atoms with Crippen LogP contribution in [0.1, 0.15) is 16.7 Å². The van der Waals surface area contributed by atoms with Crippen LogP contribution in [-0.2, 0) is 6.54 Å². The lowest BCUT2D eigenvalue weighted by Crippen LogP contribution is -2.05. The van der Waals surface area contributed by atoms with E-state index in [2.05, 4.69) is 5.32 Å². The van der Waals surface area contributed by atoms with E-state index in [1.165, 1.54) is 24.3 Å². The zero-order valence-corrected chi connectivity index (χ0v) is 10.4. The monoisotopic (exact) mass is 258 g/mol. The molecule has 0 atom stereocenters. The zero-order valence-electron chi connectivity index (χ0n) is 10.4. The minimum absolute atomic E-state index is 0.128. The van der Waals surface area contributed by atoms with E-state index in [0.717, 1.165) is 5.56 Å². The highest BCUT2D eigenvalue weighted by atomic mass is 19.1. The molecule has 19 heavy (non-hydrogen) atoms. The highest BCUT2D eigenvalue weighted by molar-refractivity contribution is 5.52. The molecule has 2 aromatic carbocycles. The molecule has 0 amide bonds. The van der Waals surface area contributed by atoms with Crippen molar-refractivity contribution in [2.45, 2.75) is 13.5 Å². The van der Waals surface area contributed by atoms with Gasteiger partial charge in [-0.05, 0) is 36.8 Å². The minimum atomic E-state index is -0.416. The molecule has 0 aliphatic carbocycles. The van der Waals surface area contributed by atoms with Gasteiger partial charge >= 0.3 is 0 Å². The van der Waals surface area contributed by atoms with Gasteiger partial charge in [0, 0.05) is 12.1 Å². The van der Waals surface area contributed by atoms with Gasteiger partial charge < -0.3 is 5.32 Å². The van der Waals surface area contributed by atoms with E-state index in [9.17, 15) is 8.78 Å². The van der Waals surface area contributed by atoms with E-state index >= 15 is 0 Å². The summed E-state index contributed by atoms with van der Waals surface area (Å²) < 4.78 is 27.2. The molecule has 0 aliphatic heterocycles. The fraction of sp³-hybridized carbons (Fsp3) is 0.133. The Bertz CT molecular complexity index is 625. The minimum Gasteiger partial charge on any atom is -0.378 e. The Morgan fingerprint density at radius 1 is 1.16 bits per heavy atom. The van der Waals surface area contributed by atoms with Gasteiger partial charge in [0.15, 0.2) is 0 Å².